The second-order valence-corrected chi connectivity index (χ2v) is 8.32. The van der Waals surface area contributed by atoms with Gasteiger partial charge in [0, 0.05) is 49.1 Å². The number of nitrogens with zero attached hydrogens (tertiary/aromatic N) is 4. The van der Waals surface area contributed by atoms with E-state index in [-0.39, 0.29) is 11.8 Å². The van der Waals surface area contributed by atoms with Gasteiger partial charge in [0.2, 0.25) is 0 Å². The van der Waals surface area contributed by atoms with Crippen LogP contribution in [0.2, 0.25) is 0 Å². The maximum Gasteiger partial charge on any atom is 0.257 e. The standard InChI is InChI=1S/C23H26N4O3S/c1-4-30-20-8-6-5-7-18(20)21(28)25-10-12-26(13-11-25)22(29)19-15-16(2)27(17(19)3)23-24-9-14-31-23/h5-9,14-15H,4,10-13H2,1-3H3. The molecule has 31 heavy (non-hydrogen) atoms. The van der Waals surface area contributed by atoms with E-state index in [4.69, 9.17) is 4.74 Å². The SMILES string of the molecule is CCOc1ccccc1C(=O)N1CCN(C(=O)c2cc(C)n(-c3nccs3)c2C)CC1. The summed E-state index contributed by atoms with van der Waals surface area (Å²) in [5.41, 5.74) is 3.13. The largest absolute Gasteiger partial charge is 0.493 e. The van der Waals surface area contributed by atoms with Gasteiger partial charge in [0.1, 0.15) is 5.75 Å². The average Bonchev–Trinajstić information content (AvgIpc) is 3.41. The van der Waals surface area contributed by atoms with E-state index in [0.717, 1.165) is 16.5 Å². The van der Waals surface area contributed by atoms with Crippen LogP contribution in [0, 0.1) is 13.8 Å². The molecule has 0 spiro atoms. The molecule has 1 aliphatic heterocycles. The Morgan fingerprint density at radius 3 is 2.29 bits per heavy atom. The predicted molar refractivity (Wildman–Crippen MR) is 120 cm³/mol. The zero-order valence-corrected chi connectivity index (χ0v) is 18.8. The van der Waals surface area contributed by atoms with Gasteiger partial charge in [-0.05, 0) is 39.0 Å². The van der Waals surface area contributed by atoms with E-state index in [0.29, 0.717) is 49.7 Å². The number of thiazole rings is 1. The highest BCUT2D eigenvalue weighted by Crippen LogP contribution is 2.25. The number of amides is 2. The van der Waals surface area contributed by atoms with E-state index >= 15 is 0 Å². The topological polar surface area (TPSA) is 67.7 Å². The van der Waals surface area contributed by atoms with Crippen LogP contribution >= 0.6 is 11.3 Å². The molecule has 0 N–H and O–H groups in total. The molecule has 162 valence electrons. The van der Waals surface area contributed by atoms with Gasteiger partial charge in [0.05, 0.1) is 17.7 Å². The fourth-order valence-electron chi connectivity index (χ4n) is 3.98. The summed E-state index contributed by atoms with van der Waals surface area (Å²) in [6, 6.07) is 9.23. The first kappa shape index (κ1) is 21.1. The first-order valence-electron chi connectivity index (χ1n) is 10.4. The van der Waals surface area contributed by atoms with Gasteiger partial charge in [0.15, 0.2) is 5.13 Å². The molecular formula is C23H26N4O3S. The minimum atomic E-state index is -0.0573. The third-order valence-electron chi connectivity index (χ3n) is 5.54. The lowest BCUT2D eigenvalue weighted by Gasteiger charge is -2.35. The summed E-state index contributed by atoms with van der Waals surface area (Å²) < 4.78 is 7.62. The molecule has 1 fully saturated rings. The molecule has 1 saturated heterocycles. The van der Waals surface area contributed by atoms with Crippen LogP contribution in [0.1, 0.15) is 39.0 Å². The molecule has 3 aromatic rings. The second-order valence-electron chi connectivity index (χ2n) is 7.45. The summed E-state index contributed by atoms with van der Waals surface area (Å²) in [6.07, 6.45) is 1.76. The van der Waals surface area contributed by atoms with E-state index in [1.165, 1.54) is 0 Å². The smallest absolute Gasteiger partial charge is 0.257 e. The highest BCUT2D eigenvalue weighted by atomic mass is 32.1. The molecule has 8 heteroatoms. The van der Waals surface area contributed by atoms with Gasteiger partial charge >= 0.3 is 0 Å². The molecule has 2 aromatic heterocycles. The third kappa shape index (κ3) is 4.07. The molecule has 0 atom stereocenters. The van der Waals surface area contributed by atoms with Crippen LogP contribution in [-0.2, 0) is 0 Å². The van der Waals surface area contributed by atoms with Crippen LogP contribution in [0.3, 0.4) is 0 Å². The third-order valence-corrected chi connectivity index (χ3v) is 6.30. The molecule has 7 nitrogen and oxygen atoms in total. The second kappa shape index (κ2) is 8.93. The Balaban J connectivity index is 1.46. The van der Waals surface area contributed by atoms with Crippen molar-refractivity contribution in [1.82, 2.24) is 19.4 Å². The normalized spacial score (nSPS) is 14.0. The number of ether oxygens (including phenoxy) is 1. The Hall–Kier alpha value is -3.13. The average molecular weight is 439 g/mol. The van der Waals surface area contributed by atoms with Gasteiger partial charge in [-0.1, -0.05) is 12.1 Å². The number of hydrogen-bond acceptors (Lipinski definition) is 5. The summed E-state index contributed by atoms with van der Waals surface area (Å²) in [4.78, 5) is 34.2. The van der Waals surface area contributed by atoms with E-state index in [2.05, 4.69) is 4.98 Å². The first-order valence-corrected chi connectivity index (χ1v) is 11.3. The minimum Gasteiger partial charge on any atom is -0.493 e. The zero-order chi connectivity index (χ0) is 22.0. The number of para-hydroxylation sites is 1. The lowest BCUT2D eigenvalue weighted by atomic mass is 10.1. The van der Waals surface area contributed by atoms with Crippen molar-refractivity contribution < 1.29 is 14.3 Å². The van der Waals surface area contributed by atoms with Crippen LogP contribution in [0.4, 0.5) is 0 Å². The zero-order valence-electron chi connectivity index (χ0n) is 18.0. The molecule has 1 aliphatic rings. The Morgan fingerprint density at radius 2 is 1.68 bits per heavy atom. The number of hydrogen-bond donors (Lipinski definition) is 0. The number of carbonyl (C=O) groups excluding carboxylic acids is 2. The van der Waals surface area contributed by atoms with Crippen molar-refractivity contribution >= 4 is 23.2 Å². The number of aryl methyl sites for hydroxylation is 1. The van der Waals surface area contributed by atoms with E-state index in [9.17, 15) is 9.59 Å². The van der Waals surface area contributed by atoms with Gasteiger partial charge in [-0.15, -0.1) is 11.3 Å². The molecular weight excluding hydrogens is 412 g/mol. The van der Waals surface area contributed by atoms with Crippen molar-refractivity contribution in [3.05, 3.63) is 64.4 Å². The van der Waals surface area contributed by atoms with E-state index in [1.807, 2.05) is 59.9 Å². The van der Waals surface area contributed by atoms with Crippen LogP contribution in [0.25, 0.3) is 5.13 Å². The molecule has 0 unspecified atom stereocenters. The number of piperazine rings is 1. The van der Waals surface area contributed by atoms with Gasteiger partial charge in [0.25, 0.3) is 11.8 Å². The fourth-order valence-corrected chi connectivity index (χ4v) is 4.73. The Labute approximate surface area is 185 Å². The van der Waals surface area contributed by atoms with Crippen molar-refractivity contribution in [2.75, 3.05) is 32.8 Å². The molecule has 4 rings (SSSR count). The predicted octanol–water partition coefficient (Wildman–Crippen LogP) is 3.55. The molecule has 0 radical (unpaired) electrons. The summed E-state index contributed by atoms with van der Waals surface area (Å²) in [5.74, 6) is 0.541. The van der Waals surface area contributed by atoms with Crippen molar-refractivity contribution in [3.63, 3.8) is 0 Å². The number of aromatic nitrogens is 2. The highest BCUT2D eigenvalue weighted by Gasteiger charge is 2.28. The van der Waals surface area contributed by atoms with Gasteiger partial charge < -0.3 is 14.5 Å². The minimum absolute atomic E-state index is 0.00211. The first-order chi connectivity index (χ1) is 15.0. The molecule has 2 amide bonds. The Bertz CT molecular complexity index is 1080. The van der Waals surface area contributed by atoms with Gasteiger partial charge in [-0.3, -0.25) is 14.2 Å². The maximum atomic E-state index is 13.2. The Kier molecular flexibility index (Phi) is 6.08. The van der Waals surface area contributed by atoms with Crippen molar-refractivity contribution in [2.45, 2.75) is 20.8 Å². The van der Waals surface area contributed by atoms with Crippen LogP contribution in [0.15, 0.2) is 41.9 Å². The van der Waals surface area contributed by atoms with Crippen molar-refractivity contribution in [2.24, 2.45) is 0 Å². The Morgan fingerprint density at radius 1 is 1.03 bits per heavy atom. The summed E-state index contributed by atoms with van der Waals surface area (Å²) in [5, 5.41) is 2.78. The fraction of sp³-hybridized carbons (Fsp3) is 0.348. The van der Waals surface area contributed by atoms with Crippen LogP contribution < -0.4 is 4.74 Å². The quantitative estimate of drug-likeness (QED) is 0.611. The van der Waals surface area contributed by atoms with E-state index in [1.54, 1.807) is 28.5 Å². The lowest BCUT2D eigenvalue weighted by Crippen LogP contribution is -2.50. The molecule has 3 heterocycles. The van der Waals surface area contributed by atoms with Crippen molar-refractivity contribution in [1.29, 1.82) is 0 Å². The number of carbonyl (C=O) groups is 2. The highest BCUT2D eigenvalue weighted by molar-refractivity contribution is 7.12. The van der Waals surface area contributed by atoms with Crippen LogP contribution in [-0.4, -0.2) is 64.0 Å². The summed E-state index contributed by atoms with van der Waals surface area (Å²) >= 11 is 1.54. The van der Waals surface area contributed by atoms with Crippen LogP contribution in [0.5, 0.6) is 5.75 Å². The summed E-state index contributed by atoms with van der Waals surface area (Å²) in [6.45, 7) is 8.34. The number of benzene rings is 1. The monoisotopic (exact) mass is 438 g/mol. The van der Waals surface area contributed by atoms with Gasteiger partial charge in [-0.2, -0.15) is 0 Å². The molecule has 1 aromatic carbocycles. The number of rotatable bonds is 5. The molecule has 0 saturated carbocycles. The maximum absolute atomic E-state index is 13.2. The molecule has 0 bridgehead atoms. The van der Waals surface area contributed by atoms with Crippen molar-refractivity contribution in [3.8, 4) is 10.9 Å². The van der Waals surface area contributed by atoms with Gasteiger partial charge in [-0.25, -0.2) is 4.98 Å². The van der Waals surface area contributed by atoms with E-state index < -0.39 is 0 Å². The summed E-state index contributed by atoms with van der Waals surface area (Å²) in [7, 11) is 0. The molecule has 0 aliphatic carbocycles. The lowest BCUT2D eigenvalue weighted by molar-refractivity contribution is 0.0532.